The summed E-state index contributed by atoms with van der Waals surface area (Å²) in [5, 5.41) is 9.21. The van der Waals surface area contributed by atoms with E-state index in [2.05, 4.69) is 4.74 Å². The molecule has 1 aliphatic rings. The minimum atomic E-state index is -3.77. The van der Waals surface area contributed by atoms with Crippen molar-refractivity contribution in [2.45, 2.75) is 18.2 Å². The quantitative estimate of drug-likeness (QED) is 0.747. The Morgan fingerprint density at radius 1 is 1.29 bits per heavy atom. The summed E-state index contributed by atoms with van der Waals surface area (Å²) in [4.78, 5) is 22.3. The van der Waals surface area contributed by atoms with Gasteiger partial charge in [0.1, 0.15) is 5.75 Å². The first-order valence-electron chi connectivity index (χ1n) is 7.22. The Balaban J connectivity index is 2.10. The van der Waals surface area contributed by atoms with Crippen LogP contribution in [0.3, 0.4) is 0 Å². The van der Waals surface area contributed by atoms with E-state index in [0.717, 1.165) is 0 Å². The molecule has 0 amide bonds. The van der Waals surface area contributed by atoms with Crippen molar-refractivity contribution >= 4 is 22.0 Å². The fourth-order valence-electron chi connectivity index (χ4n) is 2.36. The van der Waals surface area contributed by atoms with Crippen molar-refractivity contribution in [2.24, 2.45) is 5.41 Å². The molecular weight excluding hydrogens is 338 g/mol. The molecule has 0 aliphatic carbocycles. The molecule has 8 nitrogen and oxygen atoms in total. The molecule has 2 rings (SSSR count). The number of carbonyl (C=O) groups is 2. The van der Waals surface area contributed by atoms with Gasteiger partial charge < -0.3 is 14.6 Å². The Morgan fingerprint density at radius 2 is 1.92 bits per heavy atom. The molecule has 1 aromatic rings. The summed E-state index contributed by atoms with van der Waals surface area (Å²) >= 11 is 0. The monoisotopic (exact) mass is 357 g/mol. The van der Waals surface area contributed by atoms with Gasteiger partial charge in [0.15, 0.2) is 6.61 Å². The summed E-state index contributed by atoms with van der Waals surface area (Å²) in [7, 11) is -2.53. The van der Waals surface area contributed by atoms with Crippen LogP contribution in [-0.4, -0.2) is 56.6 Å². The Bertz CT molecular complexity index is 729. The second-order valence-electron chi connectivity index (χ2n) is 5.79. The number of rotatable bonds is 6. The normalized spacial score (nSPS) is 21.4. The highest BCUT2D eigenvalue weighted by Gasteiger charge is 2.44. The van der Waals surface area contributed by atoms with Crippen LogP contribution >= 0.6 is 0 Å². The van der Waals surface area contributed by atoms with Crippen LogP contribution in [0.5, 0.6) is 5.75 Å². The molecule has 1 atom stereocenters. The van der Waals surface area contributed by atoms with Gasteiger partial charge in [0.25, 0.3) is 0 Å². The third-order valence-electron chi connectivity index (χ3n) is 4.00. The van der Waals surface area contributed by atoms with Gasteiger partial charge in [-0.15, -0.1) is 0 Å². The number of hydrogen-bond donors (Lipinski definition) is 1. The summed E-state index contributed by atoms with van der Waals surface area (Å²) in [6.45, 7) is 1.36. The number of nitrogens with zero attached hydrogens (tertiary/aromatic N) is 1. The van der Waals surface area contributed by atoms with Crippen LogP contribution in [0.2, 0.25) is 0 Å². The van der Waals surface area contributed by atoms with Gasteiger partial charge in [-0.05, 0) is 37.6 Å². The maximum absolute atomic E-state index is 12.6. The first kappa shape index (κ1) is 18.2. The van der Waals surface area contributed by atoms with Crippen LogP contribution in [-0.2, 0) is 24.3 Å². The van der Waals surface area contributed by atoms with Crippen molar-refractivity contribution in [1.82, 2.24) is 4.31 Å². The van der Waals surface area contributed by atoms with Gasteiger partial charge in [0.05, 0.1) is 17.4 Å². The third-order valence-corrected chi connectivity index (χ3v) is 5.86. The number of carboxylic acid groups (broad SMARTS) is 1. The van der Waals surface area contributed by atoms with Crippen molar-refractivity contribution < 1.29 is 32.6 Å². The lowest BCUT2D eigenvalue weighted by molar-refractivity contribution is -0.147. The van der Waals surface area contributed by atoms with Crippen molar-refractivity contribution in [3.63, 3.8) is 0 Å². The van der Waals surface area contributed by atoms with E-state index in [1.807, 2.05) is 0 Å². The molecule has 1 heterocycles. The molecule has 0 radical (unpaired) electrons. The number of ether oxygens (including phenoxy) is 2. The predicted octanol–water partition coefficient (Wildman–Crippen LogP) is 0.724. The molecule has 1 fully saturated rings. The number of sulfonamides is 1. The van der Waals surface area contributed by atoms with Crippen molar-refractivity contribution in [2.75, 3.05) is 26.8 Å². The number of aliphatic carboxylic acids is 1. The molecule has 1 aromatic carbocycles. The van der Waals surface area contributed by atoms with E-state index in [-0.39, 0.29) is 31.0 Å². The molecule has 9 heteroatoms. The standard InChI is InChI=1S/C15H19NO7S/c1-15(14(18)19)7-8-16(10-15)24(20,21)12-5-3-11(4-6-12)23-9-13(17)22-2/h3-6H,7-10H2,1-2H3,(H,18,19). The minimum absolute atomic E-state index is 0.0440. The number of carboxylic acids is 1. The second-order valence-corrected chi connectivity index (χ2v) is 7.73. The predicted molar refractivity (Wildman–Crippen MR) is 83.1 cm³/mol. The molecule has 1 aliphatic heterocycles. The minimum Gasteiger partial charge on any atom is -0.482 e. The average molecular weight is 357 g/mol. The molecule has 0 saturated carbocycles. The van der Waals surface area contributed by atoms with Gasteiger partial charge in [0.2, 0.25) is 10.0 Å². The van der Waals surface area contributed by atoms with E-state index >= 15 is 0 Å². The first-order chi connectivity index (χ1) is 11.2. The second kappa shape index (κ2) is 6.78. The molecule has 1 N–H and O–H groups in total. The van der Waals surface area contributed by atoms with Crippen LogP contribution in [0.15, 0.2) is 29.2 Å². The highest BCUT2D eigenvalue weighted by Crippen LogP contribution is 2.33. The molecule has 132 valence electrons. The molecule has 1 unspecified atom stereocenters. The fourth-order valence-corrected chi connectivity index (χ4v) is 3.92. The van der Waals surface area contributed by atoms with Gasteiger partial charge in [-0.1, -0.05) is 0 Å². The topological polar surface area (TPSA) is 110 Å². The van der Waals surface area contributed by atoms with Crippen LogP contribution < -0.4 is 4.74 Å². The van der Waals surface area contributed by atoms with Gasteiger partial charge in [0, 0.05) is 13.1 Å². The molecule has 0 spiro atoms. The summed E-state index contributed by atoms with van der Waals surface area (Å²) < 4.78 is 35.9. The van der Waals surface area contributed by atoms with E-state index in [1.54, 1.807) is 0 Å². The molecule has 0 bridgehead atoms. The van der Waals surface area contributed by atoms with Crippen molar-refractivity contribution in [3.8, 4) is 5.75 Å². The van der Waals surface area contributed by atoms with E-state index in [0.29, 0.717) is 5.75 Å². The number of methoxy groups -OCH3 is 1. The lowest BCUT2D eigenvalue weighted by Gasteiger charge is -2.20. The molecule has 1 saturated heterocycles. The van der Waals surface area contributed by atoms with E-state index in [1.165, 1.54) is 42.6 Å². The van der Waals surface area contributed by atoms with Gasteiger partial charge in [-0.25, -0.2) is 13.2 Å². The lowest BCUT2D eigenvalue weighted by atomic mass is 9.90. The zero-order valence-corrected chi connectivity index (χ0v) is 14.2. The largest absolute Gasteiger partial charge is 0.482 e. The summed E-state index contributed by atoms with van der Waals surface area (Å²) in [5.41, 5.74) is -1.07. The fraction of sp³-hybridized carbons (Fsp3) is 0.467. The Morgan fingerprint density at radius 3 is 2.42 bits per heavy atom. The number of carbonyl (C=O) groups excluding carboxylic acids is 1. The SMILES string of the molecule is COC(=O)COc1ccc(S(=O)(=O)N2CCC(C)(C(=O)O)C2)cc1. The van der Waals surface area contributed by atoms with E-state index in [9.17, 15) is 23.1 Å². The van der Waals surface area contributed by atoms with Crippen LogP contribution in [0.1, 0.15) is 13.3 Å². The maximum Gasteiger partial charge on any atom is 0.343 e. The Kier molecular flexibility index (Phi) is 5.14. The summed E-state index contributed by atoms with van der Waals surface area (Å²) in [6, 6.07) is 5.58. The van der Waals surface area contributed by atoms with Gasteiger partial charge >= 0.3 is 11.9 Å². The summed E-state index contributed by atoms with van der Waals surface area (Å²) in [5.74, 6) is -1.22. The number of hydrogen-bond acceptors (Lipinski definition) is 6. The van der Waals surface area contributed by atoms with Crippen molar-refractivity contribution in [3.05, 3.63) is 24.3 Å². The van der Waals surface area contributed by atoms with Crippen LogP contribution in [0, 0.1) is 5.41 Å². The molecule has 24 heavy (non-hydrogen) atoms. The first-order valence-corrected chi connectivity index (χ1v) is 8.66. The zero-order chi connectivity index (χ0) is 18.0. The smallest absolute Gasteiger partial charge is 0.343 e. The maximum atomic E-state index is 12.6. The molecule has 0 aromatic heterocycles. The van der Waals surface area contributed by atoms with Crippen LogP contribution in [0.25, 0.3) is 0 Å². The third kappa shape index (κ3) is 3.68. The zero-order valence-electron chi connectivity index (χ0n) is 13.4. The van der Waals surface area contributed by atoms with Crippen molar-refractivity contribution in [1.29, 1.82) is 0 Å². The van der Waals surface area contributed by atoms with Crippen LogP contribution in [0.4, 0.5) is 0 Å². The lowest BCUT2D eigenvalue weighted by Crippen LogP contribution is -2.34. The van der Waals surface area contributed by atoms with Gasteiger partial charge in [-0.2, -0.15) is 4.31 Å². The number of esters is 1. The Labute approximate surface area is 140 Å². The highest BCUT2D eigenvalue weighted by molar-refractivity contribution is 7.89. The van der Waals surface area contributed by atoms with E-state index in [4.69, 9.17) is 4.74 Å². The summed E-state index contributed by atoms with van der Waals surface area (Å²) in [6.07, 6.45) is 0.266. The van der Waals surface area contributed by atoms with Gasteiger partial charge in [-0.3, -0.25) is 4.79 Å². The Hall–Kier alpha value is -2.13. The van der Waals surface area contributed by atoms with E-state index < -0.39 is 27.4 Å². The number of benzene rings is 1. The molecular formula is C15H19NO7S. The average Bonchev–Trinajstić information content (AvgIpc) is 2.97. The highest BCUT2D eigenvalue weighted by atomic mass is 32.2.